The van der Waals surface area contributed by atoms with Crippen LogP contribution in [0.5, 0.6) is 0 Å². The quantitative estimate of drug-likeness (QED) is 0.680. The van der Waals surface area contributed by atoms with E-state index >= 15 is 0 Å². The molecule has 0 amide bonds. The van der Waals surface area contributed by atoms with Gasteiger partial charge in [0.15, 0.2) is 0 Å². The summed E-state index contributed by atoms with van der Waals surface area (Å²) in [5.74, 6) is 0. The second-order valence-corrected chi connectivity index (χ2v) is 4.36. The second-order valence-electron chi connectivity index (χ2n) is 4.36. The van der Waals surface area contributed by atoms with Crippen molar-refractivity contribution in [3.05, 3.63) is 0 Å². The summed E-state index contributed by atoms with van der Waals surface area (Å²) < 4.78 is 5.48. The lowest BCUT2D eigenvalue weighted by Gasteiger charge is -2.27. The zero-order valence-electron chi connectivity index (χ0n) is 10.2. The Morgan fingerprint density at radius 1 is 1.14 bits per heavy atom. The van der Waals surface area contributed by atoms with Crippen molar-refractivity contribution in [1.82, 2.24) is 4.90 Å². The normalized spacial score (nSPS) is 14.4. The topological polar surface area (TPSA) is 32.7 Å². The molecule has 0 radical (unpaired) electrons. The van der Waals surface area contributed by atoms with Gasteiger partial charge in [-0.1, -0.05) is 0 Å². The van der Waals surface area contributed by atoms with Crippen LogP contribution in [0.2, 0.25) is 0 Å². The van der Waals surface area contributed by atoms with E-state index in [4.69, 9.17) is 4.74 Å². The van der Waals surface area contributed by atoms with Crippen LogP contribution in [0.3, 0.4) is 0 Å². The average molecular weight is 203 g/mol. The number of hydrogen-bond acceptors (Lipinski definition) is 3. The monoisotopic (exact) mass is 203 g/mol. The standard InChI is InChI=1S/C11H25NO2/c1-9(2)12(8-11(5)13)6-7-14-10(3)4/h9-11,13H,6-8H2,1-5H3. The van der Waals surface area contributed by atoms with Gasteiger partial charge in [0.2, 0.25) is 0 Å². The highest BCUT2D eigenvalue weighted by Gasteiger charge is 2.11. The number of hydrogen-bond donors (Lipinski definition) is 1. The minimum absolute atomic E-state index is 0.267. The van der Waals surface area contributed by atoms with Crippen molar-refractivity contribution in [3.8, 4) is 0 Å². The summed E-state index contributed by atoms with van der Waals surface area (Å²) >= 11 is 0. The maximum Gasteiger partial charge on any atom is 0.0639 e. The third-order valence-corrected chi connectivity index (χ3v) is 2.06. The lowest BCUT2D eigenvalue weighted by Crippen LogP contribution is -2.39. The average Bonchev–Trinajstić information content (AvgIpc) is 2.00. The second kappa shape index (κ2) is 7.21. The highest BCUT2D eigenvalue weighted by Crippen LogP contribution is 2.00. The predicted molar refractivity (Wildman–Crippen MR) is 59.5 cm³/mol. The van der Waals surface area contributed by atoms with Crippen molar-refractivity contribution in [1.29, 1.82) is 0 Å². The van der Waals surface area contributed by atoms with Crippen LogP contribution < -0.4 is 0 Å². The first-order valence-electron chi connectivity index (χ1n) is 5.47. The van der Waals surface area contributed by atoms with Gasteiger partial charge >= 0.3 is 0 Å². The molecule has 1 unspecified atom stereocenters. The smallest absolute Gasteiger partial charge is 0.0639 e. The zero-order valence-corrected chi connectivity index (χ0v) is 10.2. The summed E-state index contributed by atoms with van der Waals surface area (Å²) in [5.41, 5.74) is 0. The molecule has 0 aliphatic heterocycles. The summed E-state index contributed by atoms with van der Waals surface area (Å²) in [4.78, 5) is 2.23. The largest absolute Gasteiger partial charge is 0.392 e. The van der Waals surface area contributed by atoms with Gasteiger partial charge in [-0.25, -0.2) is 0 Å². The van der Waals surface area contributed by atoms with E-state index in [1.807, 2.05) is 20.8 Å². The molecule has 0 spiro atoms. The van der Waals surface area contributed by atoms with E-state index in [2.05, 4.69) is 18.7 Å². The molecule has 0 aliphatic rings. The molecule has 14 heavy (non-hydrogen) atoms. The fourth-order valence-electron chi connectivity index (χ4n) is 1.31. The summed E-state index contributed by atoms with van der Waals surface area (Å²) in [6.07, 6.45) is 0.0204. The molecule has 3 nitrogen and oxygen atoms in total. The Hall–Kier alpha value is -0.120. The van der Waals surface area contributed by atoms with Gasteiger partial charge in [0.25, 0.3) is 0 Å². The van der Waals surface area contributed by atoms with Gasteiger partial charge in [0.1, 0.15) is 0 Å². The molecular formula is C11H25NO2. The molecule has 0 saturated carbocycles. The van der Waals surface area contributed by atoms with Crippen molar-refractivity contribution in [2.24, 2.45) is 0 Å². The van der Waals surface area contributed by atoms with Gasteiger partial charge in [0, 0.05) is 19.1 Å². The van der Waals surface area contributed by atoms with Crippen molar-refractivity contribution < 1.29 is 9.84 Å². The fraction of sp³-hybridized carbons (Fsp3) is 1.00. The summed E-state index contributed by atoms with van der Waals surface area (Å²) in [7, 11) is 0. The Labute approximate surface area is 88.1 Å². The van der Waals surface area contributed by atoms with E-state index in [1.165, 1.54) is 0 Å². The number of rotatable bonds is 7. The Morgan fingerprint density at radius 3 is 2.07 bits per heavy atom. The van der Waals surface area contributed by atoms with Crippen LogP contribution in [0, 0.1) is 0 Å². The molecule has 86 valence electrons. The van der Waals surface area contributed by atoms with E-state index in [0.29, 0.717) is 6.04 Å². The molecule has 0 saturated heterocycles. The van der Waals surface area contributed by atoms with Crippen LogP contribution in [0.15, 0.2) is 0 Å². The minimum atomic E-state index is -0.267. The summed E-state index contributed by atoms with van der Waals surface area (Å²) in [6.45, 7) is 12.5. The Kier molecular flexibility index (Phi) is 7.15. The fourth-order valence-corrected chi connectivity index (χ4v) is 1.31. The van der Waals surface area contributed by atoms with Crippen LogP contribution >= 0.6 is 0 Å². The van der Waals surface area contributed by atoms with E-state index < -0.39 is 0 Å². The summed E-state index contributed by atoms with van der Waals surface area (Å²) in [6, 6.07) is 0.459. The number of aliphatic hydroxyl groups excluding tert-OH is 1. The van der Waals surface area contributed by atoms with E-state index in [9.17, 15) is 5.11 Å². The number of ether oxygens (including phenoxy) is 1. The molecular weight excluding hydrogens is 178 g/mol. The molecule has 0 fully saturated rings. The first-order valence-corrected chi connectivity index (χ1v) is 5.47. The van der Waals surface area contributed by atoms with Crippen LogP contribution in [0.4, 0.5) is 0 Å². The van der Waals surface area contributed by atoms with Gasteiger partial charge in [0.05, 0.1) is 18.8 Å². The minimum Gasteiger partial charge on any atom is -0.392 e. The molecule has 1 atom stereocenters. The van der Waals surface area contributed by atoms with Crippen LogP contribution in [0.25, 0.3) is 0 Å². The molecule has 1 N–H and O–H groups in total. The lowest BCUT2D eigenvalue weighted by atomic mass is 10.2. The van der Waals surface area contributed by atoms with Gasteiger partial charge < -0.3 is 9.84 Å². The third kappa shape index (κ3) is 7.30. The van der Waals surface area contributed by atoms with Gasteiger partial charge in [-0.15, -0.1) is 0 Å². The first-order chi connectivity index (χ1) is 6.43. The van der Waals surface area contributed by atoms with E-state index in [-0.39, 0.29) is 12.2 Å². The molecule has 0 aromatic rings. The SMILES string of the molecule is CC(O)CN(CCOC(C)C)C(C)C. The molecule has 0 aromatic heterocycles. The Balaban J connectivity index is 3.74. The third-order valence-electron chi connectivity index (χ3n) is 2.06. The summed E-state index contributed by atoms with van der Waals surface area (Å²) in [5, 5.41) is 9.30. The molecule has 3 heteroatoms. The number of aliphatic hydroxyl groups is 1. The molecule has 0 aliphatic carbocycles. The van der Waals surface area contributed by atoms with Crippen molar-refractivity contribution >= 4 is 0 Å². The van der Waals surface area contributed by atoms with Crippen molar-refractivity contribution in [3.63, 3.8) is 0 Å². The zero-order chi connectivity index (χ0) is 11.1. The number of nitrogens with zero attached hydrogens (tertiary/aromatic N) is 1. The van der Waals surface area contributed by atoms with Gasteiger partial charge in [-0.3, -0.25) is 4.90 Å². The Morgan fingerprint density at radius 2 is 1.71 bits per heavy atom. The van der Waals surface area contributed by atoms with Crippen molar-refractivity contribution in [2.75, 3.05) is 19.7 Å². The van der Waals surface area contributed by atoms with Crippen LogP contribution in [-0.2, 0) is 4.74 Å². The highest BCUT2D eigenvalue weighted by molar-refractivity contribution is 4.65. The first kappa shape index (κ1) is 13.9. The predicted octanol–water partition coefficient (Wildman–Crippen LogP) is 1.50. The maximum absolute atomic E-state index is 9.30. The molecule has 0 bridgehead atoms. The maximum atomic E-state index is 9.30. The highest BCUT2D eigenvalue weighted by atomic mass is 16.5. The molecule has 0 rings (SSSR count). The van der Waals surface area contributed by atoms with Crippen LogP contribution in [0.1, 0.15) is 34.6 Å². The molecule has 0 heterocycles. The van der Waals surface area contributed by atoms with Gasteiger partial charge in [-0.05, 0) is 34.6 Å². The van der Waals surface area contributed by atoms with Crippen molar-refractivity contribution in [2.45, 2.75) is 52.9 Å². The van der Waals surface area contributed by atoms with Crippen LogP contribution in [-0.4, -0.2) is 48.0 Å². The Bertz CT molecular complexity index is 135. The van der Waals surface area contributed by atoms with Gasteiger partial charge in [-0.2, -0.15) is 0 Å². The van der Waals surface area contributed by atoms with E-state index in [1.54, 1.807) is 0 Å². The van der Waals surface area contributed by atoms with E-state index in [0.717, 1.165) is 19.7 Å². The lowest BCUT2D eigenvalue weighted by molar-refractivity contribution is 0.0378. The molecule has 0 aromatic carbocycles.